The lowest BCUT2D eigenvalue weighted by Gasteiger charge is -2.47. The number of carbonyl (C=O) groups excluding carboxylic acids is 2. The Morgan fingerprint density at radius 3 is 2.62 bits per heavy atom. The average molecular weight is 344 g/mol. The molecule has 0 radical (unpaired) electrons. The summed E-state index contributed by atoms with van der Waals surface area (Å²) in [6, 6.07) is 6.36. The van der Waals surface area contributed by atoms with Crippen molar-refractivity contribution < 1.29 is 9.59 Å². The number of nitrogens with zero attached hydrogens (tertiary/aromatic N) is 2. The molecular formula is C19H24N2O2S. The summed E-state index contributed by atoms with van der Waals surface area (Å²) in [4.78, 5) is 27.8. The zero-order chi connectivity index (χ0) is 17.6. The summed E-state index contributed by atoms with van der Waals surface area (Å²) in [5.41, 5.74) is 3.73. The number of hydrogen-bond acceptors (Lipinski definition) is 4. The van der Waals surface area contributed by atoms with Crippen LogP contribution < -0.4 is 4.90 Å². The second-order valence-electron chi connectivity index (χ2n) is 7.22. The highest BCUT2D eigenvalue weighted by Crippen LogP contribution is 2.43. The van der Waals surface area contributed by atoms with Crippen LogP contribution in [0.5, 0.6) is 0 Å². The van der Waals surface area contributed by atoms with E-state index in [1.54, 1.807) is 0 Å². The molecular weight excluding hydrogens is 320 g/mol. The van der Waals surface area contributed by atoms with Gasteiger partial charge in [-0.05, 0) is 74.2 Å². The molecule has 1 fully saturated rings. The highest BCUT2D eigenvalue weighted by Gasteiger charge is 2.36. The second kappa shape index (κ2) is 5.96. The predicted molar refractivity (Wildman–Crippen MR) is 100 cm³/mol. The van der Waals surface area contributed by atoms with Gasteiger partial charge in [0.1, 0.15) is 0 Å². The number of imide groups is 1. The SMILES string of the molecule is CCN1c2ccc(/C=C3/SC(=O)N(C)C3=O)cc2[C@H](C)CC1(C)C. The monoisotopic (exact) mass is 344 g/mol. The number of fused-ring (bicyclic) bond motifs is 1. The van der Waals surface area contributed by atoms with Gasteiger partial charge in [0.15, 0.2) is 0 Å². The Morgan fingerprint density at radius 1 is 1.33 bits per heavy atom. The summed E-state index contributed by atoms with van der Waals surface area (Å²) in [7, 11) is 1.52. The molecule has 2 aliphatic heterocycles. The van der Waals surface area contributed by atoms with Gasteiger partial charge in [-0.3, -0.25) is 14.5 Å². The van der Waals surface area contributed by atoms with Crippen LogP contribution in [0, 0.1) is 0 Å². The van der Waals surface area contributed by atoms with Gasteiger partial charge in [0.2, 0.25) is 0 Å². The number of carbonyl (C=O) groups is 2. The molecule has 2 amide bonds. The third-order valence-corrected chi connectivity index (χ3v) is 5.97. The number of hydrogen-bond donors (Lipinski definition) is 0. The molecule has 0 N–H and O–H groups in total. The smallest absolute Gasteiger partial charge is 0.293 e. The van der Waals surface area contributed by atoms with Crippen molar-refractivity contribution in [3.63, 3.8) is 0 Å². The minimum atomic E-state index is -0.216. The Balaban J connectivity index is 1.99. The number of amides is 2. The van der Waals surface area contributed by atoms with Gasteiger partial charge in [0.25, 0.3) is 11.1 Å². The highest BCUT2D eigenvalue weighted by molar-refractivity contribution is 8.18. The molecule has 2 heterocycles. The number of rotatable bonds is 2. The van der Waals surface area contributed by atoms with Crippen molar-refractivity contribution >= 4 is 34.7 Å². The van der Waals surface area contributed by atoms with E-state index >= 15 is 0 Å². The van der Waals surface area contributed by atoms with Gasteiger partial charge < -0.3 is 4.90 Å². The van der Waals surface area contributed by atoms with Crippen LogP contribution in [0.15, 0.2) is 23.1 Å². The number of thioether (sulfide) groups is 1. The van der Waals surface area contributed by atoms with Gasteiger partial charge >= 0.3 is 0 Å². The Labute approximate surface area is 147 Å². The van der Waals surface area contributed by atoms with E-state index in [0.717, 1.165) is 30.3 Å². The normalized spacial score (nSPS) is 24.7. The summed E-state index contributed by atoms with van der Waals surface area (Å²) in [6.45, 7) is 10.0. The van der Waals surface area contributed by atoms with Crippen molar-refractivity contribution in [2.24, 2.45) is 0 Å². The van der Waals surface area contributed by atoms with Gasteiger partial charge in [-0.25, -0.2) is 0 Å². The minimum Gasteiger partial charge on any atom is -0.366 e. The number of likely N-dealkylation sites (N-methyl/N-ethyl adjacent to an activating group) is 1. The van der Waals surface area contributed by atoms with Gasteiger partial charge in [-0.15, -0.1) is 0 Å². The molecule has 4 nitrogen and oxygen atoms in total. The second-order valence-corrected chi connectivity index (χ2v) is 8.21. The van der Waals surface area contributed by atoms with Crippen LogP contribution in [-0.2, 0) is 4.79 Å². The number of benzene rings is 1. The Morgan fingerprint density at radius 2 is 2.04 bits per heavy atom. The van der Waals surface area contributed by atoms with Crippen LogP contribution in [0.3, 0.4) is 0 Å². The molecule has 3 rings (SSSR count). The summed E-state index contributed by atoms with van der Waals surface area (Å²) >= 11 is 1.01. The van der Waals surface area contributed by atoms with E-state index < -0.39 is 0 Å². The maximum Gasteiger partial charge on any atom is 0.293 e. The van der Waals surface area contributed by atoms with Gasteiger partial charge in [-0.1, -0.05) is 13.0 Å². The fourth-order valence-corrected chi connectivity index (χ4v) is 4.72. The summed E-state index contributed by atoms with van der Waals surface area (Å²) in [5.74, 6) is 0.250. The highest BCUT2D eigenvalue weighted by atomic mass is 32.2. The van der Waals surface area contributed by atoms with Crippen LogP contribution in [0.2, 0.25) is 0 Å². The van der Waals surface area contributed by atoms with Crippen molar-refractivity contribution in [2.45, 2.75) is 45.6 Å². The van der Waals surface area contributed by atoms with Crippen LogP contribution in [0.4, 0.5) is 10.5 Å². The lowest BCUT2D eigenvalue weighted by atomic mass is 9.79. The topological polar surface area (TPSA) is 40.6 Å². The third kappa shape index (κ3) is 2.75. The largest absolute Gasteiger partial charge is 0.366 e. The Kier molecular flexibility index (Phi) is 4.24. The zero-order valence-electron chi connectivity index (χ0n) is 14.9. The Bertz CT molecular complexity index is 739. The molecule has 24 heavy (non-hydrogen) atoms. The zero-order valence-corrected chi connectivity index (χ0v) is 15.7. The summed E-state index contributed by atoms with van der Waals surface area (Å²) in [6.07, 6.45) is 2.93. The quantitative estimate of drug-likeness (QED) is 0.743. The van der Waals surface area contributed by atoms with Crippen LogP contribution >= 0.6 is 11.8 Å². The van der Waals surface area contributed by atoms with Crippen molar-refractivity contribution in [1.82, 2.24) is 4.90 Å². The van der Waals surface area contributed by atoms with Crippen molar-refractivity contribution in [2.75, 3.05) is 18.5 Å². The van der Waals surface area contributed by atoms with E-state index in [2.05, 4.69) is 44.7 Å². The van der Waals surface area contributed by atoms with E-state index in [-0.39, 0.29) is 16.7 Å². The van der Waals surface area contributed by atoms with Crippen molar-refractivity contribution in [3.8, 4) is 0 Å². The lowest BCUT2D eigenvalue weighted by molar-refractivity contribution is -0.121. The maximum atomic E-state index is 12.1. The minimum absolute atomic E-state index is 0.146. The molecule has 1 aromatic carbocycles. The summed E-state index contributed by atoms with van der Waals surface area (Å²) < 4.78 is 0. The number of anilines is 1. The molecule has 5 heteroatoms. The molecule has 0 saturated carbocycles. The molecule has 1 aromatic rings. The third-order valence-electron chi connectivity index (χ3n) is 5.01. The van der Waals surface area contributed by atoms with Crippen LogP contribution in [-0.4, -0.2) is 35.2 Å². The standard InChI is InChI=1S/C19H24N2O2S/c1-6-21-15-8-7-13(9-14(15)12(2)11-19(21,3)4)10-16-17(22)20(5)18(23)24-16/h7-10,12H,6,11H2,1-5H3/b16-10+/t12-/m1/s1. The fraction of sp³-hybridized carbons (Fsp3) is 0.474. The molecule has 128 valence electrons. The molecule has 1 atom stereocenters. The summed E-state index contributed by atoms with van der Waals surface area (Å²) in [5, 5.41) is -0.212. The van der Waals surface area contributed by atoms with E-state index in [0.29, 0.717) is 10.8 Å². The van der Waals surface area contributed by atoms with E-state index in [1.165, 1.54) is 23.2 Å². The van der Waals surface area contributed by atoms with Gasteiger partial charge in [0.05, 0.1) is 4.91 Å². The van der Waals surface area contributed by atoms with Crippen LogP contribution in [0.25, 0.3) is 6.08 Å². The molecule has 0 bridgehead atoms. The first-order chi connectivity index (χ1) is 11.2. The maximum absolute atomic E-state index is 12.1. The first-order valence-electron chi connectivity index (χ1n) is 8.37. The average Bonchev–Trinajstić information content (AvgIpc) is 2.75. The first kappa shape index (κ1) is 17.1. The molecule has 0 spiro atoms. The molecule has 0 aliphatic carbocycles. The molecule has 1 saturated heterocycles. The first-order valence-corrected chi connectivity index (χ1v) is 9.19. The fourth-order valence-electron chi connectivity index (χ4n) is 3.89. The molecule has 2 aliphatic rings. The Hall–Kier alpha value is -1.75. The van der Waals surface area contributed by atoms with Gasteiger partial charge in [0, 0.05) is 24.8 Å². The van der Waals surface area contributed by atoms with E-state index in [4.69, 9.17) is 0 Å². The predicted octanol–water partition coefficient (Wildman–Crippen LogP) is 4.46. The van der Waals surface area contributed by atoms with Crippen molar-refractivity contribution in [3.05, 3.63) is 34.2 Å². The van der Waals surface area contributed by atoms with Crippen molar-refractivity contribution in [1.29, 1.82) is 0 Å². The van der Waals surface area contributed by atoms with E-state index in [1.807, 2.05) is 12.1 Å². The van der Waals surface area contributed by atoms with E-state index in [9.17, 15) is 9.59 Å². The van der Waals surface area contributed by atoms with Crippen LogP contribution in [0.1, 0.15) is 51.2 Å². The van der Waals surface area contributed by atoms with Gasteiger partial charge in [-0.2, -0.15) is 0 Å². The lowest BCUT2D eigenvalue weighted by Crippen LogP contribution is -2.48. The molecule has 0 aromatic heterocycles. The molecule has 0 unspecified atom stereocenters.